The van der Waals surface area contributed by atoms with Gasteiger partial charge in [-0.2, -0.15) is 0 Å². The Kier molecular flexibility index (Phi) is 6.58. The zero-order valence-electron chi connectivity index (χ0n) is 15.0. The number of hydrogen-bond acceptors (Lipinski definition) is 5. The van der Waals surface area contributed by atoms with Gasteiger partial charge in [0.25, 0.3) is 0 Å². The number of carbonyl (C=O) groups is 2. The van der Waals surface area contributed by atoms with Gasteiger partial charge in [0, 0.05) is 4.88 Å². The molecular weight excluding hydrogens is 338 g/mol. The molecule has 1 aromatic heterocycles. The van der Waals surface area contributed by atoms with Crippen LogP contribution < -0.4 is 10.1 Å². The first-order chi connectivity index (χ1) is 12.0. The SMILES string of the molecule is CCOC(=O)c1c(NC(=O)Cc2ccc(OC)cc2)sc(C)c1CC. The molecule has 1 heterocycles. The third-order valence-corrected chi connectivity index (χ3v) is 4.88. The Hall–Kier alpha value is -2.34. The molecular formula is C19H23NO4S. The Labute approximate surface area is 152 Å². The van der Waals surface area contributed by atoms with Crippen molar-refractivity contribution in [2.75, 3.05) is 19.0 Å². The van der Waals surface area contributed by atoms with Crippen molar-refractivity contribution in [2.45, 2.75) is 33.6 Å². The van der Waals surface area contributed by atoms with Crippen LogP contribution in [0.3, 0.4) is 0 Å². The van der Waals surface area contributed by atoms with Crippen molar-refractivity contribution in [2.24, 2.45) is 0 Å². The molecule has 0 bridgehead atoms. The number of ether oxygens (including phenoxy) is 2. The van der Waals surface area contributed by atoms with E-state index in [9.17, 15) is 9.59 Å². The summed E-state index contributed by atoms with van der Waals surface area (Å²) in [6.45, 7) is 6.01. The van der Waals surface area contributed by atoms with E-state index in [0.717, 1.165) is 21.8 Å². The van der Waals surface area contributed by atoms with Gasteiger partial charge in [-0.25, -0.2) is 4.79 Å². The van der Waals surface area contributed by atoms with E-state index in [4.69, 9.17) is 9.47 Å². The Morgan fingerprint density at radius 3 is 2.40 bits per heavy atom. The maximum Gasteiger partial charge on any atom is 0.341 e. The molecule has 0 aliphatic carbocycles. The minimum Gasteiger partial charge on any atom is -0.497 e. The average molecular weight is 361 g/mol. The molecule has 0 atom stereocenters. The first-order valence-corrected chi connectivity index (χ1v) is 9.03. The van der Waals surface area contributed by atoms with E-state index in [1.54, 1.807) is 14.0 Å². The first kappa shape index (κ1) is 19.0. The molecule has 0 aliphatic rings. The van der Waals surface area contributed by atoms with Gasteiger partial charge in [0.2, 0.25) is 5.91 Å². The van der Waals surface area contributed by atoms with Crippen LogP contribution in [0.5, 0.6) is 5.75 Å². The van der Waals surface area contributed by atoms with Crippen molar-refractivity contribution in [3.8, 4) is 5.75 Å². The van der Waals surface area contributed by atoms with Crippen LogP contribution in [-0.4, -0.2) is 25.6 Å². The highest BCUT2D eigenvalue weighted by atomic mass is 32.1. The minimum atomic E-state index is -0.386. The Morgan fingerprint density at radius 1 is 1.16 bits per heavy atom. The molecule has 0 fully saturated rings. The summed E-state index contributed by atoms with van der Waals surface area (Å²) in [4.78, 5) is 25.7. The third kappa shape index (κ3) is 4.60. The van der Waals surface area contributed by atoms with E-state index in [1.807, 2.05) is 38.1 Å². The zero-order chi connectivity index (χ0) is 18.4. The topological polar surface area (TPSA) is 64.6 Å². The summed E-state index contributed by atoms with van der Waals surface area (Å²) < 4.78 is 10.3. The number of nitrogens with one attached hydrogen (secondary N) is 1. The molecule has 1 aromatic carbocycles. The molecule has 6 heteroatoms. The number of carbonyl (C=O) groups excluding carboxylic acids is 2. The molecule has 134 valence electrons. The molecule has 0 unspecified atom stereocenters. The number of anilines is 1. The van der Waals surface area contributed by atoms with Gasteiger partial charge >= 0.3 is 5.97 Å². The van der Waals surface area contributed by atoms with Crippen molar-refractivity contribution in [1.82, 2.24) is 0 Å². The molecule has 0 spiro atoms. The Bertz CT molecular complexity index is 750. The van der Waals surface area contributed by atoms with E-state index in [0.29, 0.717) is 23.6 Å². The number of thiophene rings is 1. The second-order valence-electron chi connectivity index (χ2n) is 5.49. The maximum absolute atomic E-state index is 12.4. The molecule has 0 radical (unpaired) electrons. The van der Waals surface area contributed by atoms with Crippen LogP contribution in [-0.2, 0) is 22.4 Å². The lowest BCUT2D eigenvalue weighted by atomic mass is 10.1. The highest BCUT2D eigenvalue weighted by Gasteiger charge is 2.23. The normalized spacial score (nSPS) is 10.4. The maximum atomic E-state index is 12.4. The van der Waals surface area contributed by atoms with Crippen molar-refractivity contribution in [3.05, 3.63) is 45.8 Å². The van der Waals surface area contributed by atoms with Crippen LogP contribution in [0.4, 0.5) is 5.00 Å². The van der Waals surface area contributed by atoms with Gasteiger partial charge in [-0.3, -0.25) is 4.79 Å². The Balaban J connectivity index is 2.17. The standard InChI is InChI=1S/C19H23NO4S/c1-5-15-12(3)25-18(17(15)19(22)24-6-2)20-16(21)11-13-7-9-14(23-4)10-8-13/h7-10H,5-6,11H2,1-4H3,(H,20,21). The summed E-state index contributed by atoms with van der Waals surface area (Å²) in [6, 6.07) is 7.33. The van der Waals surface area contributed by atoms with Crippen LogP contribution in [0.15, 0.2) is 24.3 Å². The number of amides is 1. The molecule has 2 rings (SSSR count). The highest BCUT2D eigenvalue weighted by Crippen LogP contribution is 2.34. The van der Waals surface area contributed by atoms with Gasteiger partial charge in [0.15, 0.2) is 0 Å². The van der Waals surface area contributed by atoms with Crippen LogP contribution in [0.25, 0.3) is 0 Å². The lowest BCUT2D eigenvalue weighted by molar-refractivity contribution is -0.115. The van der Waals surface area contributed by atoms with Crippen molar-refractivity contribution in [1.29, 1.82) is 0 Å². The lowest BCUT2D eigenvalue weighted by Gasteiger charge is -2.08. The van der Waals surface area contributed by atoms with Gasteiger partial charge in [-0.1, -0.05) is 19.1 Å². The summed E-state index contributed by atoms with van der Waals surface area (Å²) in [6.07, 6.45) is 0.940. The lowest BCUT2D eigenvalue weighted by Crippen LogP contribution is -2.16. The summed E-state index contributed by atoms with van der Waals surface area (Å²) in [5.41, 5.74) is 2.29. The van der Waals surface area contributed by atoms with Crippen LogP contribution in [0.1, 0.15) is 40.2 Å². The summed E-state index contributed by atoms with van der Waals surface area (Å²) in [7, 11) is 1.60. The van der Waals surface area contributed by atoms with E-state index in [1.165, 1.54) is 11.3 Å². The number of benzene rings is 1. The quantitative estimate of drug-likeness (QED) is 0.758. The predicted molar refractivity (Wildman–Crippen MR) is 99.7 cm³/mol. The summed E-state index contributed by atoms with van der Waals surface area (Å²) >= 11 is 1.41. The number of aryl methyl sites for hydroxylation is 1. The molecule has 5 nitrogen and oxygen atoms in total. The average Bonchev–Trinajstić information content (AvgIpc) is 2.90. The predicted octanol–water partition coefficient (Wildman–Crippen LogP) is 3.99. The molecule has 1 amide bonds. The van der Waals surface area contributed by atoms with Crippen LogP contribution >= 0.6 is 11.3 Å². The first-order valence-electron chi connectivity index (χ1n) is 8.22. The van der Waals surface area contributed by atoms with E-state index < -0.39 is 0 Å². The molecule has 25 heavy (non-hydrogen) atoms. The second kappa shape index (κ2) is 8.67. The largest absolute Gasteiger partial charge is 0.497 e. The fraction of sp³-hybridized carbons (Fsp3) is 0.368. The van der Waals surface area contributed by atoms with E-state index in [2.05, 4.69) is 5.32 Å². The molecule has 0 saturated heterocycles. The third-order valence-electron chi connectivity index (χ3n) is 3.82. The van der Waals surface area contributed by atoms with E-state index >= 15 is 0 Å². The number of methoxy groups -OCH3 is 1. The molecule has 0 aliphatic heterocycles. The van der Waals surface area contributed by atoms with Crippen molar-refractivity contribution in [3.63, 3.8) is 0 Å². The molecule has 1 N–H and O–H groups in total. The summed E-state index contributed by atoms with van der Waals surface area (Å²) in [5, 5.41) is 3.43. The van der Waals surface area contributed by atoms with Crippen LogP contribution in [0.2, 0.25) is 0 Å². The fourth-order valence-electron chi connectivity index (χ4n) is 2.61. The van der Waals surface area contributed by atoms with E-state index in [-0.39, 0.29) is 18.3 Å². The van der Waals surface area contributed by atoms with Gasteiger partial charge in [-0.15, -0.1) is 11.3 Å². The smallest absolute Gasteiger partial charge is 0.341 e. The number of esters is 1. The second-order valence-corrected chi connectivity index (χ2v) is 6.71. The van der Waals surface area contributed by atoms with Gasteiger partial charge in [0.05, 0.1) is 25.7 Å². The highest BCUT2D eigenvalue weighted by molar-refractivity contribution is 7.16. The Morgan fingerprint density at radius 2 is 1.84 bits per heavy atom. The monoisotopic (exact) mass is 361 g/mol. The minimum absolute atomic E-state index is 0.167. The zero-order valence-corrected chi connectivity index (χ0v) is 15.8. The molecule has 2 aromatic rings. The van der Waals surface area contributed by atoms with Crippen LogP contribution in [0, 0.1) is 6.92 Å². The fourth-order valence-corrected chi connectivity index (χ4v) is 3.76. The number of rotatable bonds is 7. The van der Waals surface area contributed by atoms with Crippen molar-refractivity contribution < 1.29 is 19.1 Å². The molecule has 0 saturated carbocycles. The van der Waals surface area contributed by atoms with Gasteiger partial charge in [-0.05, 0) is 43.5 Å². The summed E-state index contributed by atoms with van der Waals surface area (Å²) in [5.74, 6) is 0.193. The number of hydrogen-bond donors (Lipinski definition) is 1. The van der Waals surface area contributed by atoms with Crippen molar-refractivity contribution >= 4 is 28.2 Å². The van der Waals surface area contributed by atoms with Gasteiger partial charge in [0.1, 0.15) is 10.8 Å². The van der Waals surface area contributed by atoms with Gasteiger partial charge < -0.3 is 14.8 Å².